The van der Waals surface area contributed by atoms with Crippen LogP contribution < -0.4 is 10.5 Å². The second-order valence-electron chi connectivity index (χ2n) is 2.41. The van der Waals surface area contributed by atoms with E-state index in [1.165, 1.54) is 0 Å². The number of hydrogen-bond acceptors (Lipinski definition) is 4. The molecule has 1 aromatic rings. The number of ether oxygens (including phenoxy) is 1. The van der Waals surface area contributed by atoms with Crippen LogP contribution in [0.2, 0.25) is 0 Å². The van der Waals surface area contributed by atoms with E-state index >= 15 is 0 Å². The van der Waals surface area contributed by atoms with Crippen molar-refractivity contribution in [3.05, 3.63) is 6.07 Å². The van der Waals surface area contributed by atoms with Crippen molar-refractivity contribution in [3.8, 4) is 5.95 Å². The van der Waals surface area contributed by atoms with E-state index < -0.39 is 0 Å². The first kappa shape index (κ1) is 7.91. The highest BCUT2D eigenvalue weighted by Crippen LogP contribution is 2.15. The molecule has 2 N–H and O–H groups in total. The van der Waals surface area contributed by atoms with Gasteiger partial charge < -0.3 is 15.0 Å². The van der Waals surface area contributed by atoms with E-state index in [9.17, 15) is 0 Å². The third-order valence-corrected chi connectivity index (χ3v) is 1.40. The fourth-order valence-electron chi connectivity index (χ4n) is 0.608. The van der Waals surface area contributed by atoms with Gasteiger partial charge in [0.25, 0.3) is 0 Å². The van der Waals surface area contributed by atoms with Gasteiger partial charge in [-0.05, 0) is 13.3 Å². The van der Waals surface area contributed by atoms with E-state index in [0.717, 1.165) is 6.42 Å². The van der Waals surface area contributed by atoms with Crippen LogP contribution in [0, 0.1) is 0 Å². The summed E-state index contributed by atoms with van der Waals surface area (Å²) in [4.78, 5) is 0. The lowest BCUT2D eigenvalue weighted by atomic mass is 10.3. The van der Waals surface area contributed by atoms with Crippen LogP contribution in [0.1, 0.15) is 20.3 Å². The van der Waals surface area contributed by atoms with Gasteiger partial charge in [0.15, 0.2) is 5.82 Å². The SMILES string of the molecule is CCC(C)Oc1cc(N)no1. The van der Waals surface area contributed by atoms with Crippen LogP contribution in [0.3, 0.4) is 0 Å². The summed E-state index contributed by atoms with van der Waals surface area (Å²) in [5.74, 6) is 0.736. The standard InChI is InChI=1S/C7H12N2O2/c1-3-5(2)10-7-4-6(8)9-11-7/h4-5H,3H2,1-2H3,(H2,8,9). The molecule has 0 fully saturated rings. The number of anilines is 1. The molecule has 1 atom stereocenters. The molecular weight excluding hydrogens is 144 g/mol. The number of nitrogens with two attached hydrogens (primary N) is 1. The smallest absolute Gasteiger partial charge is 0.313 e. The highest BCUT2D eigenvalue weighted by molar-refractivity contribution is 5.29. The summed E-state index contributed by atoms with van der Waals surface area (Å²) in [7, 11) is 0. The van der Waals surface area contributed by atoms with Crippen molar-refractivity contribution in [3.63, 3.8) is 0 Å². The second-order valence-corrected chi connectivity index (χ2v) is 2.41. The van der Waals surface area contributed by atoms with E-state index in [0.29, 0.717) is 11.8 Å². The molecule has 1 unspecified atom stereocenters. The lowest BCUT2D eigenvalue weighted by Crippen LogP contribution is -2.08. The number of hydrogen-bond donors (Lipinski definition) is 1. The fourth-order valence-corrected chi connectivity index (χ4v) is 0.608. The van der Waals surface area contributed by atoms with Crippen LogP contribution in [0.5, 0.6) is 5.95 Å². The molecule has 62 valence electrons. The van der Waals surface area contributed by atoms with Crippen LogP contribution >= 0.6 is 0 Å². The summed E-state index contributed by atoms with van der Waals surface area (Å²) in [5, 5.41) is 3.48. The van der Waals surface area contributed by atoms with Gasteiger partial charge in [0.2, 0.25) is 0 Å². The Bertz CT molecular complexity index is 222. The highest BCUT2D eigenvalue weighted by Gasteiger charge is 2.05. The topological polar surface area (TPSA) is 61.3 Å². The van der Waals surface area contributed by atoms with Crippen molar-refractivity contribution in [2.75, 3.05) is 5.73 Å². The maximum Gasteiger partial charge on any atom is 0.313 e. The molecule has 0 amide bonds. The van der Waals surface area contributed by atoms with Gasteiger partial charge in [0.1, 0.15) is 0 Å². The predicted molar refractivity (Wildman–Crippen MR) is 41.3 cm³/mol. The molecule has 1 aromatic heterocycles. The number of nitrogen functional groups attached to an aromatic ring is 1. The summed E-state index contributed by atoms with van der Waals surface area (Å²) >= 11 is 0. The molecule has 4 nitrogen and oxygen atoms in total. The molecule has 0 aliphatic carbocycles. The summed E-state index contributed by atoms with van der Waals surface area (Å²) in [6, 6.07) is 1.56. The molecule has 11 heavy (non-hydrogen) atoms. The zero-order valence-electron chi connectivity index (χ0n) is 6.70. The van der Waals surface area contributed by atoms with E-state index in [1.54, 1.807) is 6.07 Å². The van der Waals surface area contributed by atoms with Crippen molar-refractivity contribution < 1.29 is 9.26 Å². The minimum Gasteiger partial charge on any atom is -0.461 e. The molecule has 0 saturated carbocycles. The Kier molecular flexibility index (Phi) is 2.36. The van der Waals surface area contributed by atoms with Gasteiger partial charge >= 0.3 is 5.95 Å². The van der Waals surface area contributed by atoms with E-state index in [1.807, 2.05) is 13.8 Å². The monoisotopic (exact) mass is 156 g/mol. The van der Waals surface area contributed by atoms with Gasteiger partial charge in [-0.1, -0.05) is 12.1 Å². The molecule has 1 rings (SSSR count). The van der Waals surface area contributed by atoms with Gasteiger partial charge in [0, 0.05) is 0 Å². The fraction of sp³-hybridized carbons (Fsp3) is 0.571. The Balaban J connectivity index is 2.50. The average molecular weight is 156 g/mol. The van der Waals surface area contributed by atoms with Gasteiger partial charge in [-0.15, -0.1) is 0 Å². The highest BCUT2D eigenvalue weighted by atomic mass is 16.6. The van der Waals surface area contributed by atoms with E-state index in [2.05, 4.69) is 5.16 Å². The summed E-state index contributed by atoms with van der Waals surface area (Å²) in [5.41, 5.74) is 5.31. The molecule has 0 saturated heterocycles. The first-order valence-electron chi connectivity index (χ1n) is 3.61. The quantitative estimate of drug-likeness (QED) is 0.719. The number of aromatic nitrogens is 1. The Labute approximate surface area is 65.3 Å². The molecule has 0 spiro atoms. The van der Waals surface area contributed by atoms with Crippen molar-refractivity contribution in [2.24, 2.45) is 0 Å². The maximum absolute atomic E-state index is 5.31. The van der Waals surface area contributed by atoms with Crippen LogP contribution in [0.4, 0.5) is 5.82 Å². The molecule has 1 heterocycles. The number of rotatable bonds is 3. The molecule has 0 bridgehead atoms. The lowest BCUT2D eigenvalue weighted by molar-refractivity contribution is 0.151. The lowest BCUT2D eigenvalue weighted by Gasteiger charge is -2.06. The van der Waals surface area contributed by atoms with Gasteiger partial charge in [-0.25, -0.2) is 0 Å². The molecule has 4 heteroatoms. The van der Waals surface area contributed by atoms with Crippen molar-refractivity contribution >= 4 is 5.82 Å². The second kappa shape index (κ2) is 3.27. The van der Waals surface area contributed by atoms with Crippen LogP contribution in [0.25, 0.3) is 0 Å². The van der Waals surface area contributed by atoms with Crippen LogP contribution in [-0.4, -0.2) is 11.3 Å². The van der Waals surface area contributed by atoms with E-state index in [-0.39, 0.29) is 6.10 Å². The first-order valence-corrected chi connectivity index (χ1v) is 3.61. The van der Waals surface area contributed by atoms with Crippen molar-refractivity contribution in [1.29, 1.82) is 0 Å². The Morgan fingerprint density at radius 2 is 2.55 bits per heavy atom. The third kappa shape index (κ3) is 2.14. The molecule has 0 radical (unpaired) electrons. The van der Waals surface area contributed by atoms with Crippen molar-refractivity contribution in [2.45, 2.75) is 26.4 Å². The van der Waals surface area contributed by atoms with Crippen LogP contribution in [0.15, 0.2) is 10.6 Å². The average Bonchev–Trinajstić information content (AvgIpc) is 2.35. The minimum atomic E-state index is 0.141. The van der Waals surface area contributed by atoms with Crippen LogP contribution in [-0.2, 0) is 0 Å². The summed E-state index contributed by atoms with van der Waals surface area (Å²) in [6.45, 7) is 3.99. The van der Waals surface area contributed by atoms with Crippen molar-refractivity contribution in [1.82, 2.24) is 5.16 Å². The molecule has 0 aromatic carbocycles. The van der Waals surface area contributed by atoms with Gasteiger partial charge in [0.05, 0.1) is 12.2 Å². The maximum atomic E-state index is 5.31. The largest absolute Gasteiger partial charge is 0.461 e. The third-order valence-electron chi connectivity index (χ3n) is 1.40. The minimum absolute atomic E-state index is 0.141. The first-order chi connectivity index (χ1) is 5.22. The predicted octanol–water partition coefficient (Wildman–Crippen LogP) is 1.43. The molecule has 0 aliphatic rings. The summed E-state index contributed by atoms with van der Waals surface area (Å²) in [6.07, 6.45) is 1.07. The zero-order chi connectivity index (χ0) is 8.27. The zero-order valence-corrected chi connectivity index (χ0v) is 6.70. The van der Waals surface area contributed by atoms with Gasteiger partial charge in [-0.2, -0.15) is 0 Å². The summed E-state index contributed by atoms with van der Waals surface area (Å²) < 4.78 is 10.0. The Hall–Kier alpha value is -1.19. The molecule has 0 aliphatic heterocycles. The Morgan fingerprint density at radius 1 is 1.82 bits per heavy atom. The number of nitrogens with zero attached hydrogens (tertiary/aromatic N) is 1. The Morgan fingerprint density at radius 3 is 3.00 bits per heavy atom. The molecular formula is C7H12N2O2. The van der Waals surface area contributed by atoms with Gasteiger partial charge in [-0.3, -0.25) is 0 Å². The normalized spacial score (nSPS) is 12.9. The van der Waals surface area contributed by atoms with E-state index in [4.69, 9.17) is 15.0 Å².